The molecule has 0 atom stereocenters. The Bertz CT molecular complexity index is 6390. The van der Waals surface area contributed by atoms with Gasteiger partial charge in [-0.25, -0.2) is 64.9 Å². The first-order chi connectivity index (χ1) is 57.2. The van der Waals surface area contributed by atoms with Crippen molar-refractivity contribution in [3.05, 3.63) is 228 Å². The Morgan fingerprint density at radius 3 is 1.17 bits per heavy atom. The number of benzene rings is 4. The standard InChI is InChI=1S/C22H21FN4O4S.C22H23FN4O3S.C22H22N4O4S.C19H15FN4O/c23-17-12-15(22(29)26-8-10-32(30,31)11-9-26)6-7-16(17)18-2-1-3-20-24-19(13-27(18)20)25-21(28)14-4-5-14;23-18-7-8-20-24-19(25-22(28)17-5-6-17)14-27(20)21(18)16-3-1-15(2-4-16)13-26-9-11-31(29,30)12-10-26;27-21(16-6-7-16)24-19-14-26-18(2-1-3-20(26)23-19)15-4-8-17(9-5-15)22(28)25-10-12-31(29,30)13-11-25;1-21-10-12-5-8-14(15(20)9-12)16-3-2-4-18-22-17(11-24(16)18)23-19(25)13-6-7-13/h1-3,6-7,12-14H,4-5,8-11H2,(H,25,28);1-4,7-8,14,17H,5-6,9-13H2,(H,25,28);1-5,8-9,14,16H,6-7,10-13H2,(H,24,27);2-5,8-9,11,13H,6-7,10H2,(H,23,25). The van der Waals surface area contributed by atoms with Crippen molar-refractivity contribution in [3.63, 3.8) is 0 Å². The van der Waals surface area contributed by atoms with Gasteiger partial charge in [0.1, 0.15) is 40.0 Å². The van der Waals surface area contributed by atoms with Gasteiger partial charge in [0.15, 0.2) is 52.8 Å². The summed E-state index contributed by atoms with van der Waals surface area (Å²) in [5.41, 5.74) is 9.60. The molecule has 3 aliphatic heterocycles. The van der Waals surface area contributed by atoms with Crippen LogP contribution in [0.25, 0.3) is 72.5 Å². The number of sulfone groups is 3. The molecule has 34 heteroatoms. The highest BCUT2D eigenvalue weighted by Gasteiger charge is 2.35. The summed E-state index contributed by atoms with van der Waals surface area (Å²) in [6.07, 6.45) is 14.1. The van der Waals surface area contributed by atoms with Gasteiger partial charge in [0.2, 0.25) is 30.2 Å². The molecule has 0 unspecified atom stereocenters. The van der Waals surface area contributed by atoms with E-state index in [9.17, 15) is 62.8 Å². The van der Waals surface area contributed by atoms with E-state index in [1.807, 2.05) is 65.1 Å². The highest BCUT2D eigenvalue weighted by atomic mass is 32.2. The van der Waals surface area contributed by atoms with E-state index in [-0.39, 0.29) is 143 Å². The van der Waals surface area contributed by atoms with Crippen LogP contribution in [0.1, 0.15) is 83.2 Å². The van der Waals surface area contributed by atoms with Gasteiger partial charge in [0, 0.05) is 103 Å². The number of halogens is 3. The van der Waals surface area contributed by atoms with Crippen molar-refractivity contribution in [1.29, 1.82) is 0 Å². The molecule has 7 aliphatic rings. The van der Waals surface area contributed by atoms with E-state index in [4.69, 9.17) is 6.57 Å². The number of nitrogens with one attached hydrogen (secondary N) is 4. The Hall–Kier alpha value is -12.5. The minimum Gasteiger partial charge on any atom is -0.337 e. The molecule has 4 aromatic carbocycles. The van der Waals surface area contributed by atoms with Crippen molar-refractivity contribution < 1.29 is 67.2 Å². The molecular formula is C85H81F3N16O12S3. The largest absolute Gasteiger partial charge is 0.337 e. The fraction of sp³-hybridized carbons (Fsp3) is 0.306. The number of aromatic nitrogens is 8. The normalized spacial score (nSPS) is 17.3. The van der Waals surface area contributed by atoms with Crippen molar-refractivity contribution in [3.8, 4) is 45.0 Å². The maximum atomic E-state index is 15.1. The van der Waals surface area contributed by atoms with Crippen LogP contribution in [0.15, 0.2) is 176 Å². The van der Waals surface area contributed by atoms with Crippen LogP contribution in [-0.2, 0) is 61.8 Å². The van der Waals surface area contributed by atoms with E-state index < -0.39 is 41.2 Å². The van der Waals surface area contributed by atoms with Crippen molar-refractivity contribution in [2.75, 3.05) is 95.1 Å². The molecule has 11 heterocycles. The number of carbonyl (C=O) groups is 6. The van der Waals surface area contributed by atoms with Gasteiger partial charge in [-0.3, -0.25) is 51.3 Å². The Balaban J connectivity index is 0.000000119. The molecule has 19 rings (SSSR count). The molecule has 0 radical (unpaired) electrons. The molecule has 4 saturated carbocycles. The second kappa shape index (κ2) is 33.5. The fourth-order valence-corrected chi connectivity index (χ4v) is 18.0. The SMILES string of the molecule is O=C(Nc1cn2c(-c3ccc(C(=O)N4CCS(=O)(=O)CC4)cc3)cccc2n1)C1CC1.O=C(Nc1cn2c(-c3ccc(C(=O)N4CCS(=O)(=O)CC4)cc3F)cccc2n1)C1CC1.O=C(Nc1cn2c(-c3ccc(CN4CCS(=O)(=O)CC4)cc3)c(F)ccc2n1)C1CC1.[C-]#[N+]Cc1ccc(-c2cccc3nc(NC(=O)C4CC4)cn23)c(F)c1. The number of nitrogens with zero attached hydrogens (tertiary/aromatic N) is 12. The molecule has 4 aliphatic carbocycles. The molecule has 7 fully saturated rings. The van der Waals surface area contributed by atoms with Crippen LogP contribution in [-0.4, -0.2) is 187 Å². The van der Waals surface area contributed by atoms with Crippen molar-refractivity contribution in [2.45, 2.75) is 64.5 Å². The molecule has 28 nitrogen and oxygen atoms in total. The maximum Gasteiger partial charge on any atom is 0.254 e. The van der Waals surface area contributed by atoms with Gasteiger partial charge >= 0.3 is 0 Å². The minimum absolute atomic E-state index is 0.0123. The van der Waals surface area contributed by atoms with Gasteiger partial charge in [-0.15, -0.1) is 0 Å². The number of carbonyl (C=O) groups excluding carboxylic acids is 6. The van der Waals surface area contributed by atoms with Crippen molar-refractivity contribution in [2.24, 2.45) is 23.7 Å². The number of anilines is 4. The summed E-state index contributed by atoms with van der Waals surface area (Å²) in [6.45, 7) is 9.43. The molecule has 3 saturated heterocycles. The monoisotopic (exact) mass is 1670 g/mol. The summed E-state index contributed by atoms with van der Waals surface area (Å²) in [5, 5.41) is 11.3. The van der Waals surface area contributed by atoms with Crippen molar-refractivity contribution in [1.82, 2.24) is 52.2 Å². The highest BCUT2D eigenvalue weighted by Crippen LogP contribution is 2.36. The van der Waals surface area contributed by atoms with Gasteiger partial charge in [-0.05, 0) is 153 Å². The maximum absolute atomic E-state index is 15.1. The first kappa shape index (κ1) is 80.3. The Kier molecular flexibility index (Phi) is 22.6. The average Bonchev–Trinajstić information content (AvgIpc) is 1.67. The Morgan fingerprint density at radius 2 is 0.748 bits per heavy atom. The number of imidazole rings is 4. The van der Waals surface area contributed by atoms with Gasteiger partial charge in [0.25, 0.3) is 11.8 Å². The zero-order chi connectivity index (χ0) is 83.0. The zero-order valence-corrected chi connectivity index (χ0v) is 66.7. The number of fused-ring (bicyclic) bond motifs is 4. The molecule has 119 heavy (non-hydrogen) atoms. The van der Waals surface area contributed by atoms with E-state index in [1.165, 1.54) is 35.2 Å². The van der Waals surface area contributed by atoms with E-state index >= 15 is 4.39 Å². The molecule has 612 valence electrons. The molecular weight excluding hydrogens is 1590 g/mol. The van der Waals surface area contributed by atoms with Crippen LogP contribution in [0.3, 0.4) is 0 Å². The second-order valence-electron chi connectivity index (χ2n) is 30.6. The summed E-state index contributed by atoms with van der Waals surface area (Å²) in [4.78, 5) is 99.5. The van der Waals surface area contributed by atoms with Crippen LogP contribution in [0.2, 0.25) is 0 Å². The van der Waals surface area contributed by atoms with Crippen LogP contribution in [0.5, 0.6) is 0 Å². The zero-order valence-electron chi connectivity index (χ0n) is 64.2. The quantitative estimate of drug-likeness (QED) is 0.0615. The first-order valence-corrected chi connectivity index (χ1v) is 44.6. The van der Waals surface area contributed by atoms with Crippen molar-refractivity contribution >= 4 is 111 Å². The van der Waals surface area contributed by atoms with Gasteiger partial charge in [-0.2, -0.15) is 0 Å². The minimum atomic E-state index is -3.11. The van der Waals surface area contributed by atoms with Crippen LogP contribution < -0.4 is 21.3 Å². The summed E-state index contributed by atoms with van der Waals surface area (Å²) in [7, 11) is -9.05. The lowest BCUT2D eigenvalue weighted by atomic mass is 10.1. The first-order valence-electron chi connectivity index (χ1n) is 39.1. The lowest BCUT2D eigenvalue weighted by molar-refractivity contribution is -0.118. The lowest BCUT2D eigenvalue weighted by Gasteiger charge is -2.26. The molecule has 6 amide bonds. The van der Waals surface area contributed by atoms with E-state index in [0.717, 1.165) is 73.8 Å². The van der Waals surface area contributed by atoms with Crippen LogP contribution in [0, 0.1) is 47.7 Å². The van der Waals surface area contributed by atoms with E-state index in [1.54, 1.807) is 104 Å². The summed E-state index contributed by atoms with van der Waals surface area (Å²) in [6, 6.07) is 43.2. The Morgan fingerprint density at radius 1 is 0.387 bits per heavy atom. The highest BCUT2D eigenvalue weighted by molar-refractivity contribution is 7.92. The average molecular weight is 1670 g/mol. The predicted octanol–water partition coefficient (Wildman–Crippen LogP) is 11.2. The smallest absolute Gasteiger partial charge is 0.254 e. The number of hydrogen-bond donors (Lipinski definition) is 4. The van der Waals surface area contributed by atoms with Gasteiger partial charge < -0.3 is 35.9 Å². The van der Waals surface area contributed by atoms with Crippen LogP contribution >= 0.6 is 0 Å². The van der Waals surface area contributed by atoms with E-state index in [0.29, 0.717) is 99.2 Å². The van der Waals surface area contributed by atoms with E-state index in [2.05, 4.69) is 50.9 Å². The third-order valence-electron chi connectivity index (χ3n) is 21.7. The number of amides is 6. The fourth-order valence-electron chi connectivity index (χ4n) is 14.3. The van der Waals surface area contributed by atoms with Crippen LogP contribution in [0.4, 0.5) is 36.4 Å². The number of hydrogen-bond acceptors (Lipinski definition) is 17. The third-order valence-corrected chi connectivity index (χ3v) is 26.5. The predicted molar refractivity (Wildman–Crippen MR) is 441 cm³/mol. The van der Waals surface area contributed by atoms with Gasteiger partial charge in [0.05, 0.1) is 82.1 Å². The molecule has 0 bridgehead atoms. The lowest BCUT2D eigenvalue weighted by Crippen LogP contribution is -2.43. The van der Waals surface area contributed by atoms with Gasteiger partial charge in [-0.1, -0.05) is 60.7 Å². The molecule has 8 aromatic heterocycles. The third kappa shape index (κ3) is 19.1. The number of rotatable bonds is 17. The molecule has 12 aromatic rings. The Labute approximate surface area is 682 Å². The molecule has 0 spiro atoms. The summed E-state index contributed by atoms with van der Waals surface area (Å²) >= 11 is 0. The summed E-state index contributed by atoms with van der Waals surface area (Å²) in [5.74, 6) is 0.374. The second-order valence-corrected chi connectivity index (χ2v) is 37.6. The number of pyridine rings is 4. The summed E-state index contributed by atoms with van der Waals surface area (Å²) < 4.78 is 121. The topological polar surface area (TPSA) is 336 Å². The molecule has 4 N–H and O–H groups in total.